The molecule has 2 aromatic rings. The number of aromatic amines is 1. The van der Waals surface area contributed by atoms with Crippen LogP contribution in [0.2, 0.25) is 0 Å². The van der Waals surface area contributed by atoms with E-state index in [4.69, 9.17) is 0 Å². The molecule has 0 radical (unpaired) electrons. The summed E-state index contributed by atoms with van der Waals surface area (Å²) in [6.07, 6.45) is 15.1. The maximum Gasteiger partial charge on any atom is 0.128 e. The Bertz CT molecular complexity index is 688. The lowest BCUT2D eigenvalue weighted by molar-refractivity contribution is 0.169. The number of hydrogen-bond acceptors (Lipinski definition) is 3. The summed E-state index contributed by atoms with van der Waals surface area (Å²) in [4.78, 5) is 8.75. The standard InChI is InChI=1S/C18H22N4/c1-18-11-13-12-21-22-16(13)10-15(18)5-2-4-14(18)6-7-17-19-8-3-9-20-17/h3,8-10,12,14H,2,4-7,11H2,1H3,(H,21,22)/t14-,18-/m1/s1. The minimum atomic E-state index is 0.282. The van der Waals surface area contributed by atoms with Crippen LogP contribution in [0.15, 0.2) is 30.2 Å². The van der Waals surface area contributed by atoms with Gasteiger partial charge in [0.1, 0.15) is 5.82 Å². The van der Waals surface area contributed by atoms with E-state index in [2.05, 4.69) is 33.2 Å². The van der Waals surface area contributed by atoms with Crippen LogP contribution in [0.3, 0.4) is 0 Å². The van der Waals surface area contributed by atoms with Gasteiger partial charge in [0.2, 0.25) is 0 Å². The second-order valence-electron chi connectivity index (χ2n) is 6.87. The lowest BCUT2D eigenvalue weighted by Crippen LogP contribution is -2.37. The average Bonchev–Trinajstić information content (AvgIpc) is 2.98. The van der Waals surface area contributed by atoms with E-state index < -0.39 is 0 Å². The Morgan fingerprint density at radius 2 is 2.18 bits per heavy atom. The van der Waals surface area contributed by atoms with E-state index in [1.54, 1.807) is 5.57 Å². The molecule has 0 unspecified atom stereocenters. The number of aromatic nitrogens is 4. The first-order valence-electron chi connectivity index (χ1n) is 8.25. The second kappa shape index (κ2) is 5.34. The summed E-state index contributed by atoms with van der Waals surface area (Å²) >= 11 is 0. The van der Waals surface area contributed by atoms with Crippen LogP contribution in [0.1, 0.15) is 49.7 Å². The quantitative estimate of drug-likeness (QED) is 0.941. The minimum absolute atomic E-state index is 0.282. The number of rotatable bonds is 3. The van der Waals surface area contributed by atoms with Crippen LogP contribution in [-0.2, 0) is 12.8 Å². The van der Waals surface area contributed by atoms with Crippen LogP contribution in [0.5, 0.6) is 0 Å². The van der Waals surface area contributed by atoms with E-state index in [1.807, 2.05) is 24.7 Å². The number of hydrogen-bond donors (Lipinski definition) is 1. The third kappa shape index (κ3) is 2.27. The van der Waals surface area contributed by atoms with E-state index in [0.717, 1.165) is 18.7 Å². The number of allylic oxidation sites excluding steroid dienone is 1. The summed E-state index contributed by atoms with van der Waals surface area (Å²) in [7, 11) is 0. The maximum atomic E-state index is 4.38. The fourth-order valence-corrected chi connectivity index (χ4v) is 4.28. The zero-order chi connectivity index (χ0) is 15.0. The molecule has 2 atom stereocenters. The fraction of sp³-hybridized carbons (Fsp3) is 0.500. The van der Waals surface area contributed by atoms with Crippen LogP contribution in [0.25, 0.3) is 6.08 Å². The minimum Gasteiger partial charge on any atom is -0.278 e. The van der Waals surface area contributed by atoms with Crippen LogP contribution in [0, 0.1) is 11.3 Å². The van der Waals surface area contributed by atoms with Gasteiger partial charge in [0.05, 0.1) is 11.9 Å². The highest BCUT2D eigenvalue weighted by Gasteiger charge is 2.42. The normalized spacial score (nSPS) is 27.0. The molecule has 0 amide bonds. The molecule has 2 heterocycles. The first-order chi connectivity index (χ1) is 10.8. The smallest absolute Gasteiger partial charge is 0.128 e. The molecule has 1 fully saturated rings. The number of nitrogens with zero attached hydrogens (tertiary/aromatic N) is 3. The largest absolute Gasteiger partial charge is 0.278 e. The van der Waals surface area contributed by atoms with Gasteiger partial charge < -0.3 is 0 Å². The first-order valence-corrected chi connectivity index (χ1v) is 8.25. The SMILES string of the molecule is C[C@]12Cc3cn[nH]c3C=C1CCC[C@@H]2CCc1ncccn1. The second-order valence-corrected chi connectivity index (χ2v) is 6.87. The Balaban J connectivity index is 1.56. The molecule has 1 saturated carbocycles. The lowest BCUT2D eigenvalue weighted by atomic mass is 9.59. The Hall–Kier alpha value is -1.97. The molecule has 2 aliphatic rings. The van der Waals surface area contributed by atoms with Gasteiger partial charge in [0.25, 0.3) is 0 Å². The van der Waals surface area contributed by atoms with Crippen molar-refractivity contribution < 1.29 is 0 Å². The maximum absolute atomic E-state index is 4.38. The van der Waals surface area contributed by atoms with Crippen molar-refractivity contribution in [2.24, 2.45) is 11.3 Å². The van der Waals surface area contributed by atoms with Gasteiger partial charge in [-0.3, -0.25) is 5.10 Å². The Morgan fingerprint density at radius 3 is 3.05 bits per heavy atom. The number of nitrogens with one attached hydrogen (secondary N) is 1. The van der Waals surface area contributed by atoms with Crippen LogP contribution in [-0.4, -0.2) is 20.2 Å². The highest BCUT2D eigenvalue weighted by Crippen LogP contribution is 2.51. The zero-order valence-electron chi connectivity index (χ0n) is 13.0. The molecule has 4 heteroatoms. The van der Waals surface area contributed by atoms with E-state index in [-0.39, 0.29) is 5.41 Å². The van der Waals surface area contributed by atoms with Gasteiger partial charge in [-0.1, -0.05) is 12.5 Å². The van der Waals surface area contributed by atoms with Gasteiger partial charge in [-0.05, 0) is 61.1 Å². The Morgan fingerprint density at radius 1 is 1.32 bits per heavy atom. The van der Waals surface area contributed by atoms with Gasteiger partial charge >= 0.3 is 0 Å². The van der Waals surface area contributed by atoms with Crippen molar-refractivity contribution in [1.82, 2.24) is 20.2 Å². The average molecular weight is 294 g/mol. The summed E-state index contributed by atoms with van der Waals surface area (Å²) < 4.78 is 0. The molecule has 0 saturated heterocycles. The molecule has 4 nitrogen and oxygen atoms in total. The topological polar surface area (TPSA) is 54.5 Å². The summed E-state index contributed by atoms with van der Waals surface area (Å²) in [5.41, 5.74) is 4.48. The number of H-pyrrole nitrogens is 1. The van der Waals surface area contributed by atoms with Gasteiger partial charge in [0, 0.05) is 18.8 Å². The van der Waals surface area contributed by atoms with E-state index in [1.165, 1.54) is 36.9 Å². The lowest BCUT2D eigenvalue weighted by Gasteiger charge is -2.46. The van der Waals surface area contributed by atoms with E-state index >= 15 is 0 Å². The van der Waals surface area contributed by atoms with E-state index in [9.17, 15) is 0 Å². The van der Waals surface area contributed by atoms with Crippen molar-refractivity contribution in [3.05, 3.63) is 47.3 Å². The molecule has 114 valence electrons. The fourth-order valence-electron chi connectivity index (χ4n) is 4.28. The van der Waals surface area contributed by atoms with Crippen molar-refractivity contribution >= 4 is 6.08 Å². The summed E-state index contributed by atoms with van der Waals surface area (Å²) in [5, 5.41) is 7.36. The summed E-state index contributed by atoms with van der Waals surface area (Å²) in [5.74, 6) is 1.68. The van der Waals surface area contributed by atoms with Crippen molar-refractivity contribution in [3.8, 4) is 0 Å². The molecule has 2 aromatic heterocycles. The molecule has 0 aromatic carbocycles. The predicted molar refractivity (Wildman–Crippen MR) is 86.1 cm³/mol. The Labute approximate surface area is 131 Å². The third-order valence-corrected chi connectivity index (χ3v) is 5.60. The molecule has 0 spiro atoms. The first kappa shape index (κ1) is 13.7. The Kier molecular flexibility index (Phi) is 3.32. The van der Waals surface area contributed by atoms with Crippen molar-refractivity contribution in [3.63, 3.8) is 0 Å². The van der Waals surface area contributed by atoms with E-state index in [0.29, 0.717) is 5.92 Å². The molecular weight excluding hydrogens is 272 g/mol. The van der Waals surface area contributed by atoms with Crippen LogP contribution >= 0.6 is 0 Å². The number of fused-ring (bicyclic) bond motifs is 2. The molecule has 22 heavy (non-hydrogen) atoms. The molecular formula is C18H22N4. The van der Waals surface area contributed by atoms with Crippen molar-refractivity contribution in [2.75, 3.05) is 0 Å². The molecule has 1 N–H and O–H groups in total. The highest BCUT2D eigenvalue weighted by molar-refractivity contribution is 5.58. The zero-order valence-corrected chi connectivity index (χ0v) is 13.0. The van der Waals surface area contributed by atoms with Crippen LogP contribution < -0.4 is 0 Å². The summed E-state index contributed by atoms with van der Waals surface area (Å²) in [6, 6.07) is 1.88. The van der Waals surface area contributed by atoms with Crippen molar-refractivity contribution in [2.45, 2.75) is 45.4 Å². The molecule has 0 aliphatic heterocycles. The predicted octanol–water partition coefficient (Wildman–Crippen LogP) is 3.58. The van der Waals surface area contributed by atoms with Gasteiger partial charge in [0.15, 0.2) is 0 Å². The van der Waals surface area contributed by atoms with Gasteiger partial charge in [-0.15, -0.1) is 0 Å². The van der Waals surface area contributed by atoms with Gasteiger partial charge in [-0.25, -0.2) is 9.97 Å². The number of aryl methyl sites for hydroxylation is 1. The van der Waals surface area contributed by atoms with Crippen molar-refractivity contribution in [1.29, 1.82) is 0 Å². The molecule has 2 aliphatic carbocycles. The molecule has 4 rings (SSSR count). The highest BCUT2D eigenvalue weighted by atomic mass is 15.1. The molecule has 0 bridgehead atoms. The monoisotopic (exact) mass is 294 g/mol. The summed E-state index contributed by atoms with van der Waals surface area (Å²) in [6.45, 7) is 2.45. The van der Waals surface area contributed by atoms with Crippen LogP contribution in [0.4, 0.5) is 0 Å². The third-order valence-electron chi connectivity index (χ3n) is 5.60. The van der Waals surface area contributed by atoms with Gasteiger partial charge in [-0.2, -0.15) is 5.10 Å².